The standard InChI is InChI=1S/C9H8F2O4/c1-15-4-2-5(10)7(6(11)3-4)8(12)9(13)14/h2-3,8,12H,1H3,(H,13,14)/t8-/m1/s1. The van der Waals surface area contributed by atoms with Crippen LogP contribution >= 0.6 is 0 Å². The predicted molar refractivity (Wildman–Crippen MR) is 45.5 cm³/mol. The molecular weight excluding hydrogens is 210 g/mol. The van der Waals surface area contributed by atoms with Gasteiger partial charge in [-0.3, -0.25) is 0 Å². The summed E-state index contributed by atoms with van der Waals surface area (Å²) in [7, 11) is 1.21. The highest BCUT2D eigenvalue weighted by Gasteiger charge is 2.24. The molecule has 0 aliphatic heterocycles. The zero-order valence-corrected chi connectivity index (χ0v) is 7.70. The quantitative estimate of drug-likeness (QED) is 0.796. The fraction of sp³-hybridized carbons (Fsp3) is 0.222. The second kappa shape index (κ2) is 4.22. The zero-order chi connectivity index (χ0) is 11.6. The molecule has 4 nitrogen and oxygen atoms in total. The Kier molecular flexibility index (Phi) is 3.21. The Balaban J connectivity index is 3.25. The average Bonchev–Trinajstić information content (AvgIpc) is 2.16. The summed E-state index contributed by atoms with van der Waals surface area (Å²) >= 11 is 0. The lowest BCUT2D eigenvalue weighted by atomic mass is 10.1. The molecule has 1 aromatic rings. The Hall–Kier alpha value is -1.69. The molecule has 1 atom stereocenters. The van der Waals surface area contributed by atoms with Gasteiger partial charge in [-0.1, -0.05) is 0 Å². The van der Waals surface area contributed by atoms with Crippen LogP contribution in [0.3, 0.4) is 0 Å². The van der Waals surface area contributed by atoms with Crippen molar-refractivity contribution in [2.45, 2.75) is 6.10 Å². The highest BCUT2D eigenvalue weighted by atomic mass is 19.1. The van der Waals surface area contributed by atoms with Gasteiger partial charge in [0, 0.05) is 12.1 Å². The lowest BCUT2D eigenvalue weighted by molar-refractivity contribution is -0.147. The maximum atomic E-state index is 13.2. The summed E-state index contributed by atoms with van der Waals surface area (Å²) in [5, 5.41) is 17.4. The Bertz CT molecular complexity index is 369. The maximum absolute atomic E-state index is 13.2. The molecule has 6 heteroatoms. The number of halogens is 2. The Morgan fingerprint density at radius 2 is 1.87 bits per heavy atom. The van der Waals surface area contributed by atoms with E-state index in [0.717, 1.165) is 12.1 Å². The summed E-state index contributed by atoms with van der Waals surface area (Å²) in [4.78, 5) is 10.3. The number of hydrogen-bond acceptors (Lipinski definition) is 3. The summed E-state index contributed by atoms with van der Waals surface area (Å²) in [6, 6.07) is 1.59. The van der Waals surface area contributed by atoms with Crippen molar-refractivity contribution < 1.29 is 28.5 Å². The van der Waals surface area contributed by atoms with Crippen molar-refractivity contribution in [1.29, 1.82) is 0 Å². The first-order chi connectivity index (χ1) is 6.97. The van der Waals surface area contributed by atoms with Crippen molar-refractivity contribution in [2.75, 3.05) is 7.11 Å². The van der Waals surface area contributed by atoms with E-state index in [2.05, 4.69) is 4.74 Å². The summed E-state index contributed by atoms with van der Waals surface area (Å²) in [5.74, 6) is -4.15. The number of rotatable bonds is 3. The molecule has 0 aromatic heterocycles. The number of aliphatic hydroxyl groups excluding tert-OH is 1. The molecule has 0 bridgehead atoms. The zero-order valence-electron chi connectivity index (χ0n) is 7.70. The summed E-state index contributed by atoms with van der Waals surface area (Å²) in [6.07, 6.45) is -2.23. The van der Waals surface area contributed by atoms with Gasteiger partial charge < -0.3 is 14.9 Å². The summed E-state index contributed by atoms with van der Waals surface area (Å²) < 4.78 is 30.9. The topological polar surface area (TPSA) is 66.8 Å². The number of carboxylic acid groups (broad SMARTS) is 1. The molecule has 0 saturated carbocycles. The Labute approximate surface area is 83.7 Å². The van der Waals surface area contributed by atoms with Crippen LogP contribution in [0.25, 0.3) is 0 Å². The van der Waals surface area contributed by atoms with Gasteiger partial charge in [0.25, 0.3) is 0 Å². The maximum Gasteiger partial charge on any atom is 0.337 e. The first kappa shape index (κ1) is 11.4. The van der Waals surface area contributed by atoms with Crippen LogP contribution in [0.2, 0.25) is 0 Å². The van der Waals surface area contributed by atoms with E-state index < -0.39 is 29.3 Å². The van der Waals surface area contributed by atoms with Crippen LogP contribution in [0.15, 0.2) is 12.1 Å². The van der Waals surface area contributed by atoms with Gasteiger partial charge in [-0.25, -0.2) is 13.6 Å². The predicted octanol–water partition coefficient (Wildman–Crippen LogP) is 1.09. The molecule has 0 radical (unpaired) electrons. The molecule has 0 heterocycles. The molecule has 2 N–H and O–H groups in total. The normalized spacial score (nSPS) is 12.3. The minimum atomic E-state index is -2.23. The lowest BCUT2D eigenvalue weighted by Crippen LogP contribution is -2.14. The Morgan fingerprint density at radius 3 is 2.20 bits per heavy atom. The molecule has 0 aliphatic rings. The van der Waals surface area contributed by atoms with Crippen molar-refractivity contribution >= 4 is 5.97 Å². The molecule has 0 saturated heterocycles. The minimum absolute atomic E-state index is 0.0914. The van der Waals surface area contributed by atoms with Gasteiger partial charge in [-0.05, 0) is 0 Å². The van der Waals surface area contributed by atoms with E-state index >= 15 is 0 Å². The smallest absolute Gasteiger partial charge is 0.337 e. The van der Waals surface area contributed by atoms with Gasteiger partial charge in [-0.15, -0.1) is 0 Å². The molecule has 0 unspecified atom stereocenters. The highest BCUT2D eigenvalue weighted by Crippen LogP contribution is 2.25. The van der Waals surface area contributed by atoms with Crippen molar-refractivity contribution in [3.63, 3.8) is 0 Å². The second-order valence-electron chi connectivity index (χ2n) is 2.75. The molecule has 82 valence electrons. The number of carbonyl (C=O) groups is 1. The molecule has 0 spiro atoms. The number of aliphatic hydroxyl groups is 1. The van der Waals surface area contributed by atoms with Gasteiger partial charge in [-0.2, -0.15) is 0 Å². The van der Waals surface area contributed by atoms with Crippen LogP contribution in [0.4, 0.5) is 8.78 Å². The van der Waals surface area contributed by atoms with E-state index in [-0.39, 0.29) is 5.75 Å². The van der Waals surface area contributed by atoms with Crippen molar-refractivity contribution in [3.8, 4) is 5.75 Å². The minimum Gasteiger partial charge on any atom is -0.497 e. The highest BCUT2D eigenvalue weighted by molar-refractivity contribution is 5.74. The van der Waals surface area contributed by atoms with Gasteiger partial charge in [0.15, 0.2) is 6.10 Å². The molecule has 1 rings (SSSR count). The first-order valence-electron chi connectivity index (χ1n) is 3.91. The molecule has 0 aliphatic carbocycles. The SMILES string of the molecule is COc1cc(F)c([C@@H](O)C(=O)O)c(F)c1. The summed E-state index contributed by atoms with van der Waals surface area (Å²) in [6.45, 7) is 0. The van der Waals surface area contributed by atoms with E-state index in [1.807, 2.05) is 0 Å². The van der Waals surface area contributed by atoms with Gasteiger partial charge >= 0.3 is 5.97 Å². The van der Waals surface area contributed by atoms with Crippen molar-refractivity contribution in [1.82, 2.24) is 0 Å². The number of benzene rings is 1. The average molecular weight is 218 g/mol. The van der Waals surface area contributed by atoms with E-state index in [4.69, 9.17) is 10.2 Å². The third-order valence-corrected chi connectivity index (χ3v) is 1.80. The van der Waals surface area contributed by atoms with Crippen LogP contribution < -0.4 is 4.74 Å². The van der Waals surface area contributed by atoms with Crippen LogP contribution in [0.1, 0.15) is 11.7 Å². The van der Waals surface area contributed by atoms with E-state index in [1.165, 1.54) is 7.11 Å². The van der Waals surface area contributed by atoms with Crippen LogP contribution in [-0.4, -0.2) is 23.3 Å². The van der Waals surface area contributed by atoms with E-state index in [1.54, 1.807) is 0 Å². The van der Waals surface area contributed by atoms with Crippen molar-refractivity contribution in [2.24, 2.45) is 0 Å². The molecule has 1 aromatic carbocycles. The molecule has 0 amide bonds. The largest absolute Gasteiger partial charge is 0.497 e. The van der Waals surface area contributed by atoms with Crippen LogP contribution in [0, 0.1) is 11.6 Å². The third kappa shape index (κ3) is 2.21. The lowest BCUT2D eigenvalue weighted by Gasteiger charge is -2.09. The molecule has 0 fully saturated rings. The number of hydrogen-bond donors (Lipinski definition) is 2. The number of methoxy groups -OCH3 is 1. The Morgan fingerprint density at radius 1 is 1.40 bits per heavy atom. The van der Waals surface area contributed by atoms with E-state index in [9.17, 15) is 13.6 Å². The second-order valence-corrected chi connectivity index (χ2v) is 2.75. The molecule has 15 heavy (non-hydrogen) atoms. The van der Waals surface area contributed by atoms with Crippen molar-refractivity contribution in [3.05, 3.63) is 29.3 Å². The first-order valence-corrected chi connectivity index (χ1v) is 3.91. The molecular formula is C9H8F2O4. The third-order valence-electron chi connectivity index (χ3n) is 1.80. The van der Waals surface area contributed by atoms with Crippen LogP contribution in [-0.2, 0) is 4.79 Å². The number of aliphatic carboxylic acids is 1. The fourth-order valence-electron chi connectivity index (χ4n) is 1.06. The van der Waals surface area contributed by atoms with E-state index in [0.29, 0.717) is 0 Å². The fourth-order valence-corrected chi connectivity index (χ4v) is 1.06. The number of ether oxygens (including phenoxy) is 1. The summed E-state index contributed by atoms with van der Waals surface area (Å²) in [5.41, 5.74) is -0.900. The van der Waals surface area contributed by atoms with Crippen LogP contribution in [0.5, 0.6) is 5.75 Å². The number of carboxylic acids is 1. The van der Waals surface area contributed by atoms with Gasteiger partial charge in [0.2, 0.25) is 0 Å². The van der Waals surface area contributed by atoms with Gasteiger partial charge in [0.05, 0.1) is 12.7 Å². The monoisotopic (exact) mass is 218 g/mol. The van der Waals surface area contributed by atoms with Gasteiger partial charge in [0.1, 0.15) is 17.4 Å².